The number of hydrogen-bond acceptors (Lipinski definition) is 1. The molecule has 0 unspecified atom stereocenters. The zero-order valence-electron chi connectivity index (χ0n) is 8.79. The van der Waals surface area contributed by atoms with Crippen LogP contribution in [0.25, 0.3) is 0 Å². The molecule has 0 bridgehead atoms. The lowest BCUT2D eigenvalue weighted by molar-refractivity contribution is 0.439. The molecule has 0 saturated carbocycles. The fourth-order valence-corrected chi connectivity index (χ4v) is 2.07. The van der Waals surface area contributed by atoms with Crippen LogP contribution in [0.5, 0.6) is 11.5 Å². The predicted octanol–water partition coefficient (Wildman–Crippen LogP) is 5.28. The third-order valence-electron chi connectivity index (χ3n) is 2.21. The quantitative estimate of drug-likeness (QED) is 0.678. The van der Waals surface area contributed by atoms with Crippen molar-refractivity contribution >= 4 is 31.9 Å². The van der Waals surface area contributed by atoms with Gasteiger partial charge in [0.15, 0.2) is 11.6 Å². The molecular formula is C13H9Br2FO. The van der Waals surface area contributed by atoms with E-state index in [1.165, 1.54) is 6.07 Å². The van der Waals surface area contributed by atoms with Gasteiger partial charge in [-0.05, 0) is 45.8 Å². The second-order valence-corrected chi connectivity index (χ2v) is 4.85. The summed E-state index contributed by atoms with van der Waals surface area (Å²) in [6, 6.07) is 12.3. The Morgan fingerprint density at radius 3 is 2.47 bits per heavy atom. The van der Waals surface area contributed by atoms with Crippen molar-refractivity contribution in [2.45, 2.75) is 5.33 Å². The monoisotopic (exact) mass is 358 g/mol. The minimum Gasteiger partial charge on any atom is -0.453 e. The van der Waals surface area contributed by atoms with E-state index in [2.05, 4.69) is 31.9 Å². The number of rotatable bonds is 3. The highest BCUT2D eigenvalue weighted by Crippen LogP contribution is 2.31. The molecule has 0 saturated heterocycles. The molecule has 17 heavy (non-hydrogen) atoms. The summed E-state index contributed by atoms with van der Waals surface area (Å²) in [6.07, 6.45) is 0. The number of benzene rings is 2. The Hall–Kier alpha value is -0.870. The summed E-state index contributed by atoms with van der Waals surface area (Å²) < 4.78 is 20.0. The van der Waals surface area contributed by atoms with Crippen LogP contribution in [0.4, 0.5) is 4.39 Å². The number of halogens is 3. The maximum Gasteiger partial charge on any atom is 0.166 e. The van der Waals surface area contributed by atoms with E-state index in [1.54, 1.807) is 12.1 Å². The summed E-state index contributed by atoms with van der Waals surface area (Å²) >= 11 is 6.63. The molecule has 4 heteroatoms. The lowest BCUT2D eigenvalue weighted by atomic mass is 10.2. The topological polar surface area (TPSA) is 9.23 Å². The minimum atomic E-state index is -0.363. The smallest absolute Gasteiger partial charge is 0.166 e. The second-order valence-electron chi connectivity index (χ2n) is 3.43. The van der Waals surface area contributed by atoms with E-state index in [-0.39, 0.29) is 11.6 Å². The van der Waals surface area contributed by atoms with Gasteiger partial charge >= 0.3 is 0 Å². The van der Waals surface area contributed by atoms with Gasteiger partial charge in [0.25, 0.3) is 0 Å². The highest BCUT2D eigenvalue weighted by molar-refractivity contribution is 9.10. The summed E-state index contributed by atoms with van der Waals surface area (Å²) in [5.74, 6) is 0.456. The maximum absolute atomic E-state index is 13.7. The first-order chi connectivity index (χ1) is 8.20. The van der Waals surface area contributed by atoms with Crippen molar-refractivity contribution in [1.82, 2.24) is 0 Å². The van der Waals surface area contributed by atoms with Gasteiger partial charge in [-0.15, -0.1) is 0 Å². The van der Waals surface area contributed by atoms with Gasteiger partial charge in [-0.2, -0.15) is 0 Å². The zero-order chi connectivity index (χ0) is 12.3. The number of ether oxygens (including phenoxy) is 1. The molecule has 2 aromatic rings. The van der Waals surface area contributed by atoms with E-state index in [9.17, 15) is 4.39 Å². The van der Waals surface area contributed by atoms with E-state index < -0.39 is 0 Å². The third-order valence-corrected chi connectivity index (χ3v) is 3.51. The van der Waals surface area contributed by atoms with Crippen LogP contribution in [0, 0.1) is 5.82 Å². The van der Waals surface area contributed by atoms with E-state index in [0.29, 0.717) is 11.1 Å². The zero-order valence-corrected chi connectivity index (χ0v) is 12.0. The van der Waals surface area contributed by atoms with Crippen molar-refractivity contribution in [3.05, 3.63) is 58.3 Å². The summed E-state index contributed by atoms with van der Waals surface area (Å²) in [4.78, 5) is 0. The molecule has 0 N–H and O–H groups in total. The lowest BCUT2D eigenvalue weighted by Crippen LogP contribution is -1.90. The average Bonchev–Trinajstić information content (AvgIpc) is 2.34. The SMILES string of the molecule is Fc1cc(CBr)ccc1Oc1ccccc1Br. The van der Waals surface area contributed by atoms with Gasteiger partial charge in [-0.1, -0.05) is 34.1 Å². The first-order valence-corrected chi connectivity index (χ1v) is 6.89. The minimum absolute atomic E-state index is 0.224. The molecule has 0 fully saturated rings. The summed E-state index contributed by atoms with van der Waals surface area (Å²) in [5.41, 5.74) is 0.877. The molecule has 0 spiro atoms. The Balaban J connectivity index is 2.28. The van der Waals surface area contributed by atoms with E-state index in [4.69, 9.17) is 4.74 Å². The van der Waals surface area contributed by atoms with E-state index >= 15 is 0 Å². The normalized spacial score (nSPS) is 10.3. The Labute approximate surface area is 116 Å². The summed E-state index contributed by atoms with van der Waals surface area (Å²) in [5, 5.41) is 0.624. The summed E-state index contributed by atoms with van der Waals surface area (Å²) in [7, 11) is 0. The Morgan fingerprint density at radius 2 is 1.82 bits per heavy atom. The molecule has 88 valence electrons. The molecule has 2 aromatic carbocycles. The van der Waals surface area contributed by atoms with Gasteiger partial charge in [-0.3, -0.25) is 0 Å². The second kappa shape index (κ2) is 5.65. The fourth-order valence-electron chi connectivity index (χ4n) is 1.36. The van der Waals surface area contributed by atoms with Crippen LogP contribution >= 0.6 is 31.9 Å². The highest BCUT2D eigenvalue weighted by Gasteiger charge is 2.07. The predicted molar refractivity (Wildman–Crippen MR) is 73.2 cm³/mol. The molecule has 0 aliphatic carbocycles. The van der Waals surface area contributed by atoms with Crippen LogP contribution < -0.4 is 4.74 Å². The van der Waals surface area contributed by atoms with Crippen molar-refractivity contribution in [3.63, 3.8) is 0 Å². The largest absolute Gasteiger partial charge is 0.453 e. The van der Waals surface area contributed by atoms with Crippen LogP contribution in [0.1, 0.15) is 5.56 Å². The summed E-state index contributed by atoms with van der Waals surface area (Å²) in [6.45, 7) is 0. The van der Waals surface area contributed by atoms with Crippen LogP contribution in [0.15, 0.2) is 46.9 Å². The van der Waals surface area contributed by atoms with Crippen molar-refractivity contribution in [2.75, 3.05) is 0 Å². The van der Waals surface area contributed by atoms with Crippen LogP contribution in [-0.4, -0.2) is 0 Å². The highest BCUT2D eigenvalue weighted by atomic mass is 79.9. The molecule has 2 rings (SSSR count). The third kappa shape index (κ3) is 3.07. The number of hydrogen-bond donors (Lipinski definition) is 0. The van der Waals surface area contributed by atoms with Crippen molar-refractivity contribution in [3.8, 4) is 11.5 Å². The van der Waals surface area contributed by atoms with Gasteiger partial charge in [0.05, 0.1) is 4.47 Å². The average molecular weight is 360 g/mol. The van der Waals surface area contributed by atoms with Crippen molar-refractivity contribution in [1.29, 1.82) is 0 Å². The molecule has 0 aliphatic rings. The van der Waals surface area contributed by atoms with Crippen LogP contribution in [-0.2, 0) is 5.33 Å². The lowest BCUT2D eigenvalue weighted by Gasteiger charge is -2.09. The van der Waals surface area contributed by atoms with Gasteiger partial charge in [0.2, 0.25) is 0 Å². The molecule has 0 heterocycles. The first kappa shape index (κ1) is 12.6. The molecule has 0 amide bonds. The molecule has 0 aliphatic heterocycles. The van der Waals surface area contributed by atoms with Crippen LogP contribution in [0.3, 0.4) is 0 Å². The number of para-hydroxylation sites is 1. The molecule has 0 radical (unpaired) electrons. The molecule has 0 atom stereocenters. The Kier molecular flexibility index (Phi) is 4.18. The fraction of sp³-hybridized carbons (Fsp3) is 0.0769. The number of alkyl halides is 1. The van der Waals surface area contributed by atoms with Crippen molar-refractivity contribution < 1.29 is 9.13 Å². The molecule has 1 nitrogen and oxygen atoms in total. The Bertz CT molecular complexity index is 529. The standard InChI is InChI=1S/C13H9Br2FO/c14-8-9-5-6-13(11(16)7-9)17-12-4-2-1-3-10(12)15/h1-7H,8H2. The molecule has 0 aromatic heterocycles. The van der Waals surface area contributed by atoms with Gasteiger partial charge < -0.3 is 4.74 Å². The first-order valence-electron chi connectivity index (χ1n) is 4.97. The van der Waals surface area contributed by atoms with Crippen LogP contribution in [0.2, 0.25) is 0 Å². The van der Waals surface area contributed by atoms with Gasteiger partial charge in [0.1, 0.15) is 5.75 Å². The van der Waals surface area contributed by atoms with Gasteiger partial charge in [-0.25, -0.2) is 4.39 Å². The van der Waals surface area contributed by atoms with E-state index in [1.807, 2.05) is 24.3 Å². The van der Waals surface area contributed by atoms with Crippen molar-refractivity contribution in [2.24, 2.45) is 0 Å². The molecular weight excluding hydrogens is 351 g/mol. The van der Waals surface area contributed by atoms with Gasteiger partial charge in [0, 0.05) is 5.33 Å². The Morgan fingerprint density at radius 1 is 1.06 bits per heavy atom. The van der Waals surface area contributed by atoms with E-state index in [0.717, 1.165) is 10.0 Å². The maximum atomic E-state index is 13.7.